The van der Waals surface area contributed by atoms with Crippen molar-refractivity contribution in [2.75, 3.05) is 13.2 Å². The number of ether oxygens (including phenoxy) is 3. The van der Waals surface area contributed by atoms with Crippen LogP contribution in [0.25, 0.3) is 0 Å². The van der Waals surface area contributed by atoms with Crippen LogP contribution in [0.15, 0.2) is 207 Å². The van der Waals surface area contributed by atoms with Gasteiger partial charge < -0.3 is 14.2 Å². The Labute approximate surface area is 509 Å². The predicted molar refractivity (Wildman–Crippen MR) is 361 cm³/mol. The molecule has 0 saturated heterocycles. The van der Waals surface area contributed by atoms with Gasteiger partial charge in [0.25, 0.3) is 0 Å². The van der Waals surface area contributed by atoms with Crippen molar-refractivity contribution in [1.29, 1.82) is 0 Å². The molecule has 0 radical (unpaired) electrons. The molecule has 0 saturated carbocycles. The summed E-state index contributed by atoms with van der Waals surface area (Å²) in [5.41, 5.74) is 0. The van der Waals surface area contributed by atoms with E-state index in [1.807, 2.05) is 0 Å². The molecule has 0 amide bonds. The third-order valence-corrected chi connectivity index (χ3v) is 12.8. The van der Waals surface area contributed by atoms with E-state index in [0.717, 1.165) is 161 Å². The van der Waals surface area contributed by atoms with Crippen molar-refractivity contribution in [3.05, 3.63) is 207 Å². The number of carbonyl (C=O) groups excluding carboxylic acids is 3. The number of unbranched alkanes of at least 4 members (excludes halogenated alkanes) is 11. The Morgan fingerprint density at radius 1 is 0.241 bits per heavy atom. The predicted octanol–water partition coefficient (Wildman–Crippen LogP) is 22.8. The Hall–Kier alpha value is -6.01. The average molecular weight is 1140 g/mol. The highest BCUT2D eigenvalue weighted by Gasteiger charge is 2.19. The van der Waals surface area contributed by atoms with Crippen LogP contribution in [0.5, 0.6) is 0 Å². The largest absolute Gasteiger partial charge is 0.462 e. The maximum atomic E-state index is 12.9. The topological polar surface area (TPSA) is 78.9 Å². The van der Waals surface area contributed by atoms with Crippen molar-refractivity contribution in [3.8, 4) is 0 Å². The van der Waals surface area contributed by atoms with Gasteiger partial charge >= 0.3 is 17.9 Å². The van der Waals surface area contributed by atoms with Crippen LogP contribution in [0, 0.1) is 0 Å². The minimum Gasteiger partial charge on any atom is -0.462 e. The molecule has 0 heterocycles. The maximum Gasteiger partial charge on any atom is 0.306 e. The van der Waals surface area contributed by atoms with Crippen molar-refractivity contribution in [1.82, 2.24) is 0 Å². The van der Waals surface area contributed by atoms with E-state index in [-0.39, 0.29) is 50.4 Å². The van der Waals surface area contributed by atoms with E-state index in [9.17, 15) is 14.4 Å². The first kappa shape index (κ1) is 77.0. The Kier molecular flexibility index (Phi) is 63.5. The van der Waals surface area contributed by atoms with Gasteiger partial charge in [-0.2, -0.15) is 0 Å². The first-order valence-corrected chi connectivity index (χ1v) is 32.6. The lowest BCUT2D eigenvalue weighted by Crippen LogP contribution is -2.30. The fourth-order valence-corrected chi connectivity index (χ4v) is 8.01. The second-order valence-electron chi connectivity index (χ2n) is 20.5. The van der Waals surface area contributed by atoms with Crippen molar-refractivity contribution in [3.63, 3.8) is 0 Å². The van der Waals surface area contributed by atoms with Crippen LogP contribution < -0.4 is 0 Å². The summed E-state index contributed by atoms with van der Waals surface area (Å²) >= 11 is 0. The van der Waals surface area contributed by atoms with E-state index in [2.05, 4.69) is 227 Å². The van der Waals surface area contributed by atoms with Gasteiger partial charge in [-0.1, -0.05) is 266 Å². The number of esters is 3. The molecular formula is C77H116O6. The lowest BCUT2D eigenvalue weighted by atomic mass is 10.1. The summed E-state index contributed by atoms with van der Waals surface area (Å²) in [5, 5.41) is 0. The highest BCUT2D eigenvalue weighted by Crippen LogP contribution is 2.13. The fourth-order valence-electron chi connectivity index (χ4n) is 8.01. The molecule has 0 spiro atoms. The van der Waals surface area contributed by atoms with Crippen LogP contribution in [0.4, 0.5) is 0 Å². The van der Waals surface area contributed by atoms with E-state index in [4.69, 9.17) is 14.2 Å². The van der Waals surface area contributed by atoms with Crippen LogP contribution in [-0.4, -0.2) is 37.2 Å². The number of hydrogen-bond donors (Lipinski definition) is 0. The van der Waals surface area contributed by atoms with Crippen LogP contribution in [0.1, 0.15) is 239 Å². The summed E-state index contributed by atoms with van der Waals surface area (Å²) in [6.07, 6.45) is 105. The number of carbonyl (C=O) groups is 3. The summed E-state index contributed by atoms with van der Waals surface area (Å²) in [6, 6.07) is 0. The monoisotopic (exact) mass is 1140 g/mol. The minimum absolute atomic E-state index is 0.134. The van der Waals surface area contributed by atoms with Crippen molar-refractivity contribution < 1.29 is 28.6 Å². The Morgan fingerprint density at radius 3 is 0.747 bits per heavy atom. The van der Waals surface area contributed by atoms with Gasteiger partial charge in [-0.3, -0.25) is 14.4 Å². The van der Waals surface area contributed by atoms with Gasteiger partial charge in [-0.05, 0) is 161 Å². The SMILES string of the molecule is CC/C=C\C/C=C\C/C=C\C/C=C\C/C=C\C/C=C\C/C=C\C/C=C\CCCCC(=O)OCC(COC(=O)CCC/C=C\C/C=C\C/C=C\C/C=C\C/C=C\CC)OC(=O)CCCCCCCCCC/C=C\C/C=C\C/C=C\C/C=C\CC. The molecule has 0 aromatic heterocycles. The van der Waals surface area contributed by atoms with E-state index in [0.29, 0.717) is 12.8 Å². The number of allylic oxidation sites excluding steroid dienone is 34. The summed E-state index contributed by atoms with van der Waals surface area (Å²) < 4.78 is 16.8. The van der Waals surface area contributed by atoms with Gasteiger partial charge in [-0.25, -0.2) is 0 Å². The molecule has 0 bridgehead atoms. The van der Waals surface area contributed by atoms with Gasteiger partial charge in [0.15, 0.2) is 6.10 Å². The van der Waals surface area contributed by atoms with Crippen molar-refractivity contribution >= 4 is 17.9 Å². The second-order valence-corrected chi connectivity index (χ2v) is 20.5. The molecule has 6 nitrogen and oxygen atoms in total. The molecule has 0 aromatic rings. The van der Waals surface area contributed by atoms with E-state index in [1.165, 1.54) is 25.7 Å². The Bertz CT molecular complexity index is 2030. The zero-order chi connectivity index (χ0) is 59.9. The molecule has 0 N–H and O–H groups in total. The third kappa shape index (κ3) is 66.7. The molecule has 0 aliphatic rings. The van der Waals surface area contributed by atoms with Crippen LogP contribution >= 0.6 is 0 Å². The molecular weight excluding hydrogens is 1020 g/mol. The standard InChI is InChI=1S/C77H116O6/c1-4-7-10-13-16-19-22-25-28-31-33-35-36-37-38-39-40-42-43-46-49-52-55-58-61-64-67-70-76(79)82-73-74(72-81-75(78)69-66-63-60-57-54-51-48-45-30-27-24-21-18-15-12-9-6-3)83-77(80)71-68-65-62-59-56-53-50-47-44-41-34-32-29-26-23-20-17-14-11-8-5-2/h7-12,16-21,25-30,33-35,37-38,40-42,46,48-49,51,55,57-58,60,74H,4-6,13-15,22-24,31-32,36,39,43-45,47,50,52-54,56,59,61-73H2,1-3H3/b10-7-,11-8-,12-9-,19-16-,20-17-,21-18-,28-25-,29-26-,30-27-,35-33-,38-37-,41-34-,42-40-,49-46-,51-48-,58-55-,60-57-. The molecule has 0 rings (SSSR count). The molecule has 0 fully saturated rings. The Morgan fingerprint density at radius 2 is 0.446 bits per heavy atom. The van der Waals surface area contributed by atoms with Crippen molar-refractivity contribution in [2.45, 2.75) is 245 Å². The Balaban J connectivity index is 4.59. The molecule has 6 heteroatoms. The number of rotatable bonds is 56. The normalized spacial score (nSPS) is 13.5. The lowest BCUT2D eigenvalue weighted by Gasteiger charge is -2.18. The maximum absolute atomic E-state index is 12.9. The molecule has 0 aliphatic heterocycles. The van der Waals surface area contributed by atoms with Gasteiger partial charge in [0.1, 0.15) is 13.2 Å². The smallest absolute Gasteiger partial charge is 0.306 e. The van der Waals surface area contributed by atoms with Crippen molar-refractivity contribution in [2.24, 2.45) is 0 Å². The summed E-state index contributed by atoms with van der Waals surface area (Å²) in [4.78, 5) is 38.4. The molecule has 0 aliphatic carbocycles. The summed E-state index contributed by atoms with van der Waals surface area (Å²) in [5.74, 6) is -1.05. The first-order valence-electron chi connectivity index (χ1n) is 32.6. The first-order chi connectivity index (χ1) is 41.0. The van der Waals surface area contributed by atoms with E-state index < -0.39 is 6.10 Å². The van der Waals surface area contributed by atoms with Crippen LogP contribution in [-0.2, 0) is 28.6 Å². The van der Waals surface area contributed by atoms with E-state index in [1.54, 1.807) is 0 Å². The minimum atomic E-state index is -0.839. The highest BCUT2D eigenvalue weighted by molar-refractivity contribution is 5.71. The van der Waals surface area contributed by atoms with Gasteiger partial charge in [0.2, 0.25) is 0 Å². The van der Waals surface area contributed by atoms with Gasteiger partial charge in [-0.15, -0.1) is 0 Å². The quantitative estimate of drug-likeness (QED) is 0.0261. The molecule has 0 aromatic carbocycles. The summed E-state index contributed by atoms with van der Waals surface area (Å²) in [7, 11) is 0. The molecule has 1 unspecified atom stereocenters. The van der Waals surface area contributed by atoms with Crippen LogP contribution in [0.3, 0.4) is 0 Å². The fraction of sp³-hybridized carbons (Fsp3) is 0.519. The lowest BCUT2D eigenvalue weighted by molar-refractivity contribution is -0.167. The second kappa shape index (κ2) is 68.5. The molecule has 1 atom stereocenters. The summed E-state index contributed by atoms with van der Waals surface area (Å²) in [6.45, 7) is 6.19. The number of hydrogen-bond acceptors (Lipinski definition) is 6. The third-order valence-electron chi connectivity index (χ3n) is 12.8. The zero-order valence-electron chi connectivity index (χ0n) is 52.6. The van der Waals surface area contributed by atoms with Crippen LogP contribution in [0.2, 0.25) is 0 Å². The van der Waals surface area contributed by atoms with Gasteiger partial charge in [0.05, 0.1) is 0 Å². The highest BCUT2D eigenvalue weighted by atomic mass is 16.6. The van der Waals surface area contributed by atoms with Gasteiger partial charge in [0, 0.05) is 19.3 Å². The molecule has 83 heavy (non-hydrogen) atoms. The van der Waals surface area contributed by atoms with E-state index >= 15 is 0 Å². The zero-order valence-corrected chi connectivity index (χ0v) is 52.6. The average Bonchev–Trinajstić information content (AvgIpc) is 3.49. The molecule has 460 valence electrons.